The highest BCUT2D eigenvalue weighted by Crippen LogP contribution is 2.45. The molecule has 0 radical (unpaired) electrons. The van der Waals surface area contributed by atoms with E-state index in [1.807, 2.05) is 6.07 Å². The van der Waals surface area contributed by atoms with Crippen LogP contribution in [0.5, 0.6) is 0 Å². The minimum Gasteiger partial charge on any atom is -0.347 e. The number of fused-ring (bicyclic) bond motifs is 1. The molecule has 2 atom stereocenters. The molecule has 1 aromatic heterocycles. The monoisotopic (exact) mass is 410 g/mol. The summed E-state index contributed by atoms with van der Waals surface area (Å²) in [6, 6.07) is 17.1. The smallest absolute Gasteiger partial charge is 0.214 e. The second-order valence-corrected chi connectivity index (χ2v) is 11.2. The van der Waals surface area contributed by atoms with E-state index in [-0.39, 0.29) is 12.0 Å². The minimum absolute atomic E-state index is 0.00861. The van der Waals surface area contributed by atoms with Crippen LogP contribution < -0.4 is 4.72 Å². The molecule has 1 saturated carbocycles. The highest BCUT2D eigenvalue weighted by molar-refractivity contribution is 7.90. The first-order chi connectivity index (χ1) is 13.8. The quantitative estimate of drug-likeness (QED) is 0.586. The van der Waals surface area contributed by atoms with Gasteiger partial charge in [0.25, 0.3) is 0 Å². The van der Waals surface area contributed by atoms with Crippen molar-refractivity contribution >= 4 is 20.9 Å². The van der Waals surface area contributed by atoms with Crippen molar-refractivity contribution in [2.75, 3.05) is 0 Å². The molecule has 4 rings (SSSR count). The average molecular weight is 411 g/mol. The van der Waals surface area contributed by atoms with E-state index in [0.29, 0.717) is 5.92 Å². The van der Waals surface area contributed by atoms with Crippen LogP contribution >= 0.6 is 0 Å². The summed E-state index contributed by atoms with van der Waals surface area (Å²) in [5.74, 6) is 0.787. The number of sulfonamides is 1. The molecule has 3 aromatic rings. The standard InChI is InChI=1S/C24H30N2O2S/c1-16(2)14-26-15-22(21-13-23(21)25-29(27,28)17(3)4)20-11-10-19(12-24(20)26)18-8-6-5-7-9-18/h5-12,15-17,21,23,25H,13-14H2,1-4H3/t21-,23-/m1/s1. The van der Waals surface area contributed by atoms with Crippen LogP contribution in [0, 0.1) is 5.92 Å². The molecule has 29 heavy (non-hydrogen) atoms. The molecule has 1 aliphatic carbocycles. The summed E-state index contributed by atoms with van der Waals surface area (Å²) in [6.07, 6.45) is 3.11. The highest BCUT2D eigenvalue weighted by Gasteiger charge is 2.43. The molecule has 1 N–H and O–H groups in total. The van der Waals surface area contributed by atoms with Gasteiger partial charge in [-0.1, -0.05) is 56.3 Å². The SMILES string of the molecule is CC(C)Cn1cc([C@H]2C[C@H]2NS(=O)(=O)C(C)C)c2ccc(-c3ccccc3)cc21. The molecule has 0 bridgehead atoms. The third-order valence-corrected chi connectivity index (χ3v) is 7.58. The van der Waals surface area contributed by atoms with Gasteiger partial charge in [0.15, 0.2) is 0 Å². The van der Waals surface area contributed by atoms with Gasteiger partial charge in [0.1, 0.15) is 0 Å². The molecular formula is C24H30N2O2S. The van der Waals surface area contributed by atoms with Gasteiger partial charge in [0.05, 0.1) is 5.25 Å². The lowest BCUT2D eigenvalue weighted by molar-refractivity contribution is 0.534. The summed E-state index contributed by atoms with van der Waals surface area (Å²) >= 11 is 0. The molecule has 0 amide bonds. The largest absolute Gasteiger partial charge is 0.347 e. The van der Waals surface area contributed by atoms with Crippen molar-refractivity contribution in [2.45, 2.75) is 57.9 Å². The van der Waals surface area contributed by atoms with Crippen LogP contribution in [0.3, 0.4) is 0 Å². The Morgan fingerprint density at radius 1 is 1.03 bits per heavy atom. The molecule has 0 spiro atoms. The van der Waals surface area contributed by atoms with E-state index in [1.54, 1.807) is 13.8 Å². The zero-order valence-corrected chi connectivity index (χ0v) is 18.4. The first kappa shape index (κ1) is 20.2. The Bertz CT molecular complexity index is 1110. The fourth-order valence-corrected chi connectivity index (χ4v) is 4.94. The van der Waals surface area contributed by atoms with Crippen molar-refractivity contribution < 1.29 is 8.42 Å². The Morgan fingerprint density at radius 2 is 1.76 bits per heavy atom. The van der Waals surface area contributed by atoms with Gasteiger partial charge in [0.2, 0.25) is 10.0 Å². The normalized spacial score (nSPS) is 19.4. The molecular weight excluding hydrogens is 380 g/mol. The lowest BCUT2D eigenvalue weighted by atomic mass is 10.0. The summed E-state index contributed by atoms with van der Waals surface area (Å²) in [5, 5.41) is 0.834. The van der Waals surface area contributed by atoms with Crippen molar-refractivity contribution in [2.24, 2.45) is 5.92 Å². The molecule has 0 unspecified atom stereocenters. The molecule has 0 aliphatic heterocycles. The summed E-state index contributed by atoms with van der Waals surface area (Å²) in [5.41, 5.74) is 4.91. The van der Waals surface area contributed by atoms with E-state index in [1.165, 1.54) is 27.6 Å². The van der Waals surface area contributed by atoms with E-state index in [0.717, 1.165) is 13.0 Å². The Kier molecular flexibility index (Phi) is 5.30. The number of benzene rings is 2. The number of hydrogen-bond donors (Lipinski definition) is 1. The maximum absolute atomic E-state index is 12.3. The predicted octanol–water partition coefficient (Wildman–Crippen LogP) is 5.15. The number of nitrogens with one attached hydrogen (secondary N) is 1. The average Bonchev–Trinajstić information content (AvgIpc) is 3.33. The molecule has 2 aromatic carbocycles. The lowest BCUT2D eigenvalue weighted by Crippen LogP contribution is -2.33. The Balaban J connectivity index is 1.70. The zero-order chi connectivity index (χ0) is 20.8. The third kappa shape index (κ3) is 4.12. The van der Waals surface area contributed by atoms with Crippen molar-refractivity contribution in [1.29, 1.82) is 0 Å². The van der Waals surface area contributed by atoms with E-state index in [2.05, 4.69) is 71.8 Å². The number of nitrogens with zero attached hydrogens (tertiary/aromatic N) is 1. The molecule has 1 heterocycles. The van der Waals surface area contributed by atoms with Crippen molar-refractivity contribution in [3.8, 4) is 11.1 Å². The molecule has 5 heteroatoms. The summed E-state index contributed by atoms with van der Waals surface area (Å²) in [4.78, 5) is 0. The van der Waals surface area contributed by atoms with Crippen LogP contribution in [0.4, 0.5) is 0 Å². The van der Waals surface area contributed by atoms with Gasteiger partial charge >= 0.3 is 0 Å². The van der Waals surface area contributed by atoms with Crippen molar-refractivity contribution in [3.63, 3.8) is 0 Å². The van der Waals surface area contributed by atoms with Gasteiger partial charge in [0, 0.05) is 35.6 Å². The van der Waals surface area contributed by atoms with Gasteiger partial charge in [-0.25, -0.2) is 13.1 Å². The van der Waals surface area contributed by atoms with Gasteiger partial charge in [-0.15, -0.1) is 0 Å². The Hall–Kier alpha value is -2.11. The first-order valence-corrected chi connectivity index (χ1v) is 12.0. The van der Waals surface area contributed by atoms with Crippen LogP contribution in [0.25, 0.3) is 22.0 Å². The Morgan fingerprint density at radius 3 is 2.41 bits per heavy atom. The van der Waals surface area contributed by atoms with Crippen LogP contribution in [-0.2, 0) is 16.6 Å². The zero-order valence-electron chi connectivity index (χ0n) is 17.6. The predicted molar refractivity (Wildman–Crippen MR) is 121 cm³/mol. The third-order valence-electron chi connectivity index (χ3n) is 5.71. The van der Waals surface area contributed by atoms with Crippen LogP contribution in [0.2, 0.25) is 0 Å². The van der Waals surface area contributed by atoms with Gasteiger partial charge in [-0.3, -0.25) is 0 Å². The van der Waals surface area contributed by atoms with E-state index >= 15 is 0 Å². The summed E-state index contributed by atoms with van der Waals surface area (Å²) in [7, 11) is -3.24. The number of aromatic nitrogens is 1. The maximum atomic E-state index is 12.3. The van der Waals surface area contributed by atoms with Crippen molar-refractivity contribution in [1.82, 2.24) is 9.29 Å². The minimum atomic E-state index is -3.24. The van der Waals surface area contributed by atoms with Gasteiger partial charge < -0.3 is 4.57 Å². The van der Waals surface area contributed by atoms with Crippen LogP contribution in [0.15, 0.2) is 54.7 Å². The van der Waals surface area contributed by atoms with Gasteiger partial charge in [-0.05, 0) is 48.9 Å². The van der Waals surface area contributed by atoms with Crippen LogP contribution in [0.1, 0.15) is 45.6 Å². The number of rotatable bonds is 7. The highest BCUT2D eigenvalue weighted by atomic mass is 32.2. The van der Waals surface area contributed by atoms with E-state index < -0.39 is 15.3 Å². The van der Waals surface area contributed by atoms with Crippen LogP contribution in [-0.4, -0.2) is 24.3 Å². The molecule has 1 fully saturated rings. The van der Waals surface area contributed by atoms with E-state index in [9.17, 15) is 8.42 Å². The number of hydrogen-bond acceptors (Lipinski definition) is 2. The summed E-state index contributed by atoms with van der Waals surface area (Å²) < 4.78 is 29.7. The molecule has 154 valence electrons. The maximum Gasteiger partial charge on any atom is 0.214 e. The van der Waals surface area contributed by atoms with E-state index in [4.69, 9.17) is 0 Å². The molecule has 1 aliphatic rings. The molecule has 0 saturated heterocycles. The van der Waals surface area contributed by atoms with Gasteiger partial charge in [-0.2, -0.15) is 0 Å². The van der Waals surface area contributed by atoms with Crippen molar-refractivity contribution in [3.05, 3.63) is 60.3 Å². The lowest BCUT2D eigenvalue weighted by Gasteiger charge is -2.09. The topological polar surface area (TPSA) is 51.1 Å². The first-order valence-electron chi connectivity index (χ1n) is 10.5. The second kappa shape index (κ2) is 7.62. The molecule has 4 nitrogen and oxygen atoms in total. The Labute approximate surface area is 174 Å². The second-order valence-electron chi connectivity index (χ2n) is 8.89. The fourth-order valence-electron chi connectivity index (χ4n) is 3.99. The fraction of sp³-hybridized carbons (Fsp3) is 0.417. The summed E-state index contributed by atoms with van der Waals surface area (Å²) in [6.45, 7) is 8.84.